The summed E-state index contributed by atoms with van der Waals surface area (Å²) >= 11 is 0. The maximum atomic E-state index is 11.7. The Bertz CT molecular complexity index is 491. The summed E-state index contributed by atoms with van der Waals surface area (Å²) in [6, 6.07) is 2.95. The first-order valence-electron chi connectivity index (χ1n) is 6.73. The van der Waals surface area contributed by atoms with Gasteiger partial charge >= 0.3 is 0 Å². The lowest BCUT2D eigenvalue weighted by atomic mass is 10.1. The Morgan fingerprint density at radius 1 is 1.38 bits per heavy atom. The molecule has 0 aliphatic carbocycles. The second-order valence-corrected chi connectivity index (χ2v) is 4.94. The lowest BCUT2D eigenvalue weighted by Gasteiger charge is -2.15. The van der Waals surface area contributed by atoms with Crippen LogP contribution in [0.4, 0.5) is 0 Å². The first-order chi connectivity index (χ1) is 9.95. The van der Waals surface area contributed by atoms with Crippen molar-refractivity contribution in [3.8, 4) is 5.88 Å². The largest absolute Gasteiger partial charge is 0.481 e. The molecular formula is C14H22N4O3. The summed E-state index contributed by atoms with van der Waals surface area (Å²) in [5.74, 6) is -0.152. The molecule has 1 aromatic heterocycles. The Kier molecular flexibility index (Phi) is 6.61. The van der Waals surface area contributed by atoms with Gasteiger partial charge in [-0.05, 0) is 12.0 Å². The first-order valence-corrected chi connectivity index (χ1v) is 6.73. The summed E-state index contributed by atoms with van der Waals surface area (Å²) in [5.41, 5.74) is 6.44. The van der Waals surface area contributed by atoms with Gasteiger partial charge in [-0.3, -0.25) is 9.59 Å². The standard InChI is InChI=1S/C14H22N4O3/c1-9(2)12(15)13(20)18-8-11(19)17-7-10-5-4-6-16-14(10)21-3/h4-6,9,12H,7-8,15H2,1-3H3,(H,17,19)(H,18,20)/t12-/m0/s1. The zero-order chi connectivity index (χ0) is 15.8. The number of carbonyl (C=O) groups is 2. The van der Waals surface area contributed by atoms with Gasteiger partial charge in [0.05, 0.1) is 19.7 Å². The molecule has 7 heteroatoms. The van der Waals surface area contributed by atoms with Crippen LogP contribution in [0, 0.1) is 5.92 Å². The summed E-state index contributed by atoms with van der Waals surface area (Å²) in [7, 11) is 1.52. The van der Waals surface area contributed by atoms with E-state index in [1.807, 2.05) is 13.8 Å². The molecule has 0 fully saturated rings. The molecule has 116 valence electrons. The quantitative estimate of drug-likeness (QED) is 0.646. The number of hydrogen-bond donors (Lipinski definition) is 3. The molecule has 0 bridgehead atoms. The van der Waals surface area contributed by atoms with Crippen LogP contribution in [0.3, 0.4) is 0 Å². The highest BCUT2D eigenvalue weighted by molar-refractivity contribution is 5.87. The maximum Gasteiger partial charge on any atom is 0.239 e. The minimum Gasteiger partial charge on any atom is -0.481 e. The van der Waals surface area contributed by atoms with Crippen molar-refractivity contribution in [2.45, 2.75) is 26.4 Å². The van der Waals surface area contributed by atoms with Crippen molar-refractivity contribution in [1.82, 2.24) is 15.6 Å². The molecule has 0 unspecified atom stereocenters. The van der Waals surface area contributed by atoms with E-state index in [0.717, 1.165) is 5.56 Å². The Balaban J connectivity index is 2.39. The van der Waals surface area contributed by atoms with Gasteiger partial charge in [-0.1, -0.05) is 19.9 Å². The Hall–Kier alpha value is -2.15. The smallest absolute Gasteiger partial charge is 0.239 e. The minimum atomic E-state index is -0.615. The molecule has 7 nitrogen and oxygen atoms in total. The number of rotatable bonds is 7. The lowest BCUT2D eigenvalue weighted by molar-refractivity contribution is -0.127. The Morgan fingerprint density at radius 2 is 2.10 bits per heavy atom. The number of nitrogens with one attached hydrogen (secondary N) is 2. The van der Waals surface area contributed by atoms with E-state index in [4.69, 9.17) is 10.5 Å². The Morgan fingerprint density at radius 3 is 2.71 bits per heavy atom. The molecule has 0 aliphatic rings. The van der Waals surface area contributed by atoms with Gasteiger partial charge in [0, 0.05) is 18.3 Å². The van der Waals surface area contributed by atoms with Gasteiger partial charge in [0.2, 0.25) is 17.7 Å². The highest BCUT2D eigenvalue weighted by Crippen LogP contribution is 2.12. The SMILES string of the molecule is COc1ncccc1CNC(=O)CNC(=O)[C@@H](N)C(C)C. The van der Waals surface area contributed by atoms with Crippen molar-refractivity contribution in [3.05, 3.63) is 23.9 Å². The number of nitrogens with zero attached hydrogens (tertiary/aromatic N) is 1. The van der Waals surface area contributed by atoms with Crippen LogP contribution in [0.25, 0.3) is 0 Å². The highest BCUT2D eigenvalue weighted by atomic mass is 16.5. The van der Waals surface area contributed by atoms with Crippen molar-refractivity contribution >= 4 is 11.8 Å². The van der Waals surface area contributed by atoms with Crippen LogP contribution in [0.5, 0.6) is 5.88 Å². The summed E-state index contributed by atoms with van der Waals surface area (Å²) in [6.07, 6.45) is 1.61. The molecular weight excluding hydrogens is 272 g/mol. The fraction of sp³-hybridized carbons (Fsp3) is 0.500. The molecule has 21 heavy (non-hydrogen) atoms. The summed E-state index contributed by atoms with van der Waals surface area (Å²) in [4.78, 5) is 27.3. The predicted octanol–water partition coefficient (Wildman–Crippen LogP) is -0.194. The lowest BCUT2D eigenvalue weighted by Crippen LogP contribution is -2.47. The third kappa shape index (κ3) is 5.39. The van der Waals surface area contributed by atoms with Crippen molar-refractivity contribution in [2.24, 2.45) is 11.7 Å². The first kappa shape index (κ1) is 16.9. The van der Waals surface area contributed by atoms with Crippen LogP contribution < -0.4 is 21.1 Å². The van der Waals surface area contributed by atoms with Crippen molar-refractivity contribution < 1.29 is 14.3 Å². The fourth-order valence-corrected chi connectivity index (χ4v) is 1.59. The van der Waals surface area contributed by atoms with Gasteiger partial charge in [0.1, 0.15) is 0 Å². The molecule has 4 N–H and O–H groups in total. The van der Waals surface area contributed by atoms with E-state index < -0.39 is 6.04 Å². The molecule has 2 amide bonds. The zero-order valence-corrected chi connectivity index (χ0v) is 12.6. The molecule has 0 saturated carbocycles. The molecule has 0 aliphatic heterocycles. The number of methoxy groups -OCH3 is 1. The predicted molar refractivity (Wildman–Crippen MR) is 78.5 cm³/mol. The molecule has 1 rings (SSSR count). The van der Waals surface area contributed by atoms with E-state index >= 15 is 0 Å². The number of hydrogen-bond acceptors (Lipinski definition) is 5. The third-order valence-electron chi connectivity index (χ3n) is 2.96. The molecule has 1 atom stereocenters. The number of pyridine rings is 1. The van der Waals surface area contributed by atoms with Crippen LogP contribution in [-0.4, -0.2) is 36.5 Å². The second kappa shape index (κ2) is 8.21. The van der Waals surface area contributed by atoms with E-state index in [2.05, 4.69) is 15.6 Å². The zero-order valence-electron chi connectivity index (χ0n) is 12.6. The number of nitrogens with two attached hydrogens (primary N) is 1. The monoisotopic (exact) mass is 294 g/mol. The van der Waals surface area contributed by atoms with Crippen molar-refractivity contribution in [3.63, 3.8) is 0 Å². The van der Waals surface area contributed by atoms with Crippen molar-refractivity contribution in [1.29, 1.82) is 0 Å². The Labute approximate surface area is 124 Å². The number of amides is 2. The fourth-order valence-electron chi connectivity index (χ4n) is 1.59. The summed E-state index contributed by atoms with van der Waals surface area (Å²) in [5, 5.41) is 5.19. The molecule has 1 heterocycles. The van der Waals surface area contributed by atoms with E-state index in [0.29, 0.717) is 5.88 Å². The molecule has 0 spiro atoms. The van der Waals surface area contributed by atoms with Crippen LogP contribution in [0.1, 0.15) is 19.4 Å². The number of aromatic nitrogens is 1. The van der Waals surface area contributed by atoms with Gasteiger partial charge in [0.15, 0.2) is 0 Å². The molecule has 0 saturated heterocycles. The topological polar surface area (TPSA) is 106 Å². The van der Waals surface area contributed by atoms with Crippen LogP contribution in [0.2, 0.25) is 0 Å². The van der Waals surface area contributed by atoms with Gasteiger partial charge in [-0.15, -0.1) is 0 Å². The van der Waals surface area contributed by atoms with Gasteiger partial charge in [-0.25, -0.2) is 4.98 Å². The van der Waals surface area contributed by atoms with Gasteiger partial charge < -0.3 is 21.1 Å². The summed E-state index contributed by atoms with van der Waals surface area (Å²) < 4.78 is 5.08. The van der Waals surface area contributed by atoms with Crippen LogP contribution >= 0.6 is 0 Å². The number of ether oxygens (including phenoxy) is 1. The van der Waals surface area contributed by atoms with E-state index in [9.17, 15) is 9.59 Å². The normalized spacial score (nSPS) is 11.9. The average Bonchev–Trinajstić information content (AvgIpc) is 2.49. The van der Waals surface area contributed by atoms with Gasteiger partial charge in [-0.2, -0.15) is 0 Å². The van der Waals surface area contributed by atoms with Crippen LogP contribution in [-0.2, 0) is 16.1 Å². The molecule has 0 radical (unpaired) electrons. The number of carbonyl (C=O) groups excluding carboxylic acids is 2. The maximum absolute atomic E-state index is 11.7. The third-order valence-corrected chi connectivity index (χ3v) is 2.96. The van der Waals surface area contributed by atoms with Gasteiger partial charge in [0.25, 0.3) is 0 Å². The summed E-state index contributed by atoms with van der Waals surface area (Å²) in [6.45, 7) is 3.86. The highest BCUT2D eigenvalue weighted by Gasteiger charge is 2.17. The molecule has 0 aromatic carbocycles. The van der Waals surface area contributed by atoms with Crippen molar-refractivity contribution in [2.75, 3.05) is 13.7 Å². The van der Waals surface area contributed by atoms with Crippen LogP contribution in [0.15, 0.2) is 18.3 Å². The second-order valence-electron chi connectivity index (χ2n) is 4.94. The average molecular weight is 294 g/mol. The minimum absolute atomic E-state index is 0.0210. The van der Waals surface area contributed by atoms with E-state index in [1.54, 1.807) is 18.3 Å². The molecule has 1 aromatic rings. The van der Waals surface area contributed by atoms with E-state index in [1.165, 1.54) is 7.11 Å². The van der Waals surface area contributed by atoms with E-state index in [-0.39, 0.29) is 30.8 Å².